The van der Waals surface area contributed by atoms with Gasteiger partial charge in [0.1, 0.15) is 0 Å². The molecule has 4 nitrogen and oxygen atoms in total. The van der Waals surface area contributed by atoms with E-state index in [1.165, 1.54) is 16.9 Å². The number of nitrogens with one attached hydrogen (secondary N) is 2. The van der Waals surface area contributed by atoms with Crippen LogP contribution in [0, 0.1) is 0 Å². The number of halogens is 1. The third kappa shape index (κ3) is 3.73. The first-order valence-corrected chi connectivity index (χ1v) is 9.08. The van der Waals surface area contributed by atoms with Gasteiger partial charge in [0.05, 0.1) is 11.9 Å². The minimum Gasteiger partial charge on any atom is -0.380 e. The van der Waals surface area contributed by atoms with Crippen LogP contribution in [0.15, 0.2) is 64.6 Å². The van der Waals surface area contributed by atoms with Crippen molar-refractivity contribution in [3.05, 3.63) is 70.1 Å². The van der Waals surface area contributed by atoms with Crippen LogP contribution in [0.5, 0.6) is 0 Å². The van der Waals surface area contributed by atoms with Crippen LogP contribution in [0.2, 0.25) is 5.02 Å². The van der Waals surface area contributed by atoms with Crippen LogP contribution in [-0.2, 0) is 0 Å². The molecule has 3 aromatic rings. The molecule has 0 saturated heterocycles. The lowest BCUT2D eigenvalue weighted by molar-refractivity contribution is 1.25. The number of hydrazone groups is 1. The number of aromatic nitrogens is 1. The quantitative estimate of drug-likeness (QED) is 0.482. The predicted octanol–water partition coefficient (Wildman–Crippen LogP) is 5.37. The minimum absolute atomic E-state index is 0.720. The monoisotopic (exact) mass is 366 g/mol. The number of hydrogen-bond acceptors (Lipinski definition) is 5. The van der Waals surface area contributed by atoms with Gasteiger partial charge in [-0.15, -0.1) is 11.3 Å². The van der Waals surface area contributed by atoms with Crippen molar-refractivity contribution in [1.82, 2.24) is 4.98 Å². The number of fused-ring (bicyclic) bond motifs is 1. The average Bonchev–Trinajstić information content (AvgIpc) is 3.11. The zero-order chi connectivity index (χ0) is 17.1. The van der Waals surface area contributed by atoms with Gasteiger partial charge in [0, 0.05) is 28.2 Å². The zero-order valence-electron chi connectivity index (χ0n) is 13.2. The third-order valence-electron chi connectivity index (χ3n) is 3.82. The summed E-state index contributed by atoms with van der Waals surface area (Å²) >= 11 is 7.44. The second-order valence-corrected chi connectivity index (χ2v) is 6.87. The van der Waals surface area contributed by atoms with Gasteiger partial charge in [-0.3, -0.25) is 5.43 Å². The van der Waals surface area contributed by atoms with Gasteiger partial charge in [0.25, 0.3) is 0 Å². The summed E-state index contributed by atoms with van der Waals surface area (Å²) in [6.07, 6.45) is 3.96. The van der Waals surface area contributed by atoms with E-state index >= 15 is 0 Å². The van der Waals surface area contributed by atoms with Crippen molar-refractivity contribution in [2.75, 3.05) is 17.3 Å². The van der Waals surface area contributed by atoms with E-state index in [4.69, 9.17) is 11.6 Å². The maximum Gasteiger partial charge on any atom is 0.203 e. The summed E-state index contributed by atoms with van der Waals surface area (Å²) in [5.41, 5.74) is 8.38. The van der Waals surface area contributed by atoms with Crippen molar-refractivity contribution >= 4 is 46.0 Å². The summed E-state index contributed by atoms with van der Waals surface area (Å²) in [6.45, 7) is 0.760. The first kappa shape index (κ1) is 15.9. The molecule has 0 amide bonds. The topological polar surface area (TPSA) is 49.3 Å². The molecule has 0 unspecified atom stereocenters. The van der Waals surface area contributed by atoms with Crippen molar-refractivity contribution in [2.45, 2.75) is 0 Å². The maximum absolute atomic E-state index is 5.92. The Labute approximate surface area is 154 Å². The molecule has 1 aliphatic heterocycles. The first-order valence-electron chi connectivity index (χ1n) is 7.82. The fourth-order valence-electron chi connectivity index (χ4n) is 2.56. The lowest BCUT2D eigenvalue weighted by Crippen LogP contribution is -2.11. The van der Waals surface area contributed by atoms with Crippen molar-refractivity contribution in [3.63, 3.8) is 0 Å². The fraction of sp³-hybridized carbons (Fsp3) is 0.0526. The number of para-hydroxylation sites is 1. The molecule has 2 heterocycles. The molecule has 0 atom stereocenters. The number of thiazole rings is 1. The highest BCUT2D eigenvalue weighted by molar-refractivity contribution is 7.14. The van der Waals surface area contributed by atoms with Crippen LogP contribution in [-0.4, -0.2) is 17.7 Å². The van der Waals surface area contributed by atoms with Gasteiger partial charge < -0.3 is 5.32 Å². The second-order valence-electron chi connectivity index (χ2n) is 5.57. The van der Waals surface area contributed by atoms with Crippen molar-refractivity contribution in [3.8, 4) is 11.3 Å². The van der Waals surface area contributed by atoms with E-state index in [-0.39, 0.29) is 0 Å². The highest BCUT2D eigenvalue weighted by Crippen LogP contribution is 2.26. The summed E-state index contributed by atoms with van der Waals surface area (Å²) in [5.74, 6) is 0. The molecule has 1 aliphatic rings. The lowest BCUT2D eigenvalue weighted by Gasteiger charge is -2.15. The van der Waals surface area contributed by atoms with Crippen molar-refractivity contribution < 1.29 is 0 Å². The SMILES string of the molecule is Clc1ccc(-c2csc(N/N=C/C3=Cc4ccccc4NC3)n2)cc1. The fourth-order valence-corrected chi connectivity index (χ4v) is 3.36. The number of rotatable bonds is 4. The normalized spacial score (nSPS) is 13.2. The number of hydrogen-bond donors (Lipinski definition) is 2. The molecule has 4 rings (SSSR count). The molecular formula is C19H15ClN4S. The standard InChI is InChI=1S/C19H15ClN4S/c20-16-7-5-14(6-8-16)18-12-25-19(23-18)24-22-11-13-9-15-3-1-2-4-17(15)21-10-13/h1-9,11-12,21H,10H2,(H,23,24)/b22-11+. The molecule has 2 N–H and O–H groups in total. The maximum atomic E-state index is 5.92. The lowest BCUT2D eigenvalue weighted by atomic mass is 10.1. The van der Waals surface area contributed by atoms with Gasteiger partial charge in [-0.05, 0) is 35.4 Å². The number of benzene rings is 2. The summed E-state index contributed by atoms with van der Waals surface area (Å²) in [4.78, 5) is 4.54. The van der Waals surface area contributed by atoms with E-state index in [1.807, 2.05) is 48.0 Å². The Morgan fingerprint density at radius 3 is 2.88 bits per heavy atom. The van der Waals surface area contributed by atoms with Crippen LogP contribution in [0.1, 0.15) is 5.56 Å². The molecule has 0 bridgehead atoms. The van der Waals surface area contributed by atoms with E-state index in [0.29, 0.717) is 0 Å². The molecule has 1 aromatic heterocycles. The molecule has 0 fully saturated rings. The van der Waals surface area contributed by atoms with Crippen LogP contribution in [0.25, 0.3) is 17.3 Å². The average molecular weight is 367 g/mol. The largest absolute Gasteiger partial charge is 0.380 e. The molecule has 0 spiro atoms. The summed E-state index contributed by atoms with van der Waals surface area (Å²) in [7, 11) is 0. The van der Waals surface area contributed by atoms with Gasteiger partial charge in [-0.25, -0.2) is 4.98 Å². The van der Waals surface area contributed by atoms with E-state index < -0.39 is 0 Å². The smallest absolute Gasteiger partial charge is 0.203 e. The highest BCUT2D eigenvalue weighted by atomic mass is 35.5. The Morgan fingerprint density at radius 2 is 2.00 bits per heavy atom. The number of nitrogens with zero attached hydrogens (tertiary/aromatic N) is 2. The van der Waals surface area contributed by atoms with Gasteiger partial charge in [0.2, 0.25) is 5.13 Å². The Bertz CT molecular complexity index is 944. The molecule has 2 aromatic carbocycles. The van der Waals surface area contributed by atoms with Gasteiger partial charge in [-0.2, -0.15) is 5.10 Å². The van der Waals surface area contributed by atoms with E-state index in [1.54, 1.807) is 0 Å². The van der Waals surface area contributed by atoms with E-state index in [9.17, 15) is 0 Å². The molecule has 0 saturated carbocycles. The van der Waals surface area contributed by atoms with E-state index in [2.05, 4.69) is 39.0 Å². The Morgan fingerprint density at radius 1 is 1.16 bits per heavy atom. The molecule has 25 heavy (non-hydrogen) atoms. The molecule has 124 valence electrons. The van der Waals surface area contributed by atoms with Gasteiger partial charge in [0.15, 0.2) is 0 Å². The van der Waals surface area contributed by atoms with E-state index in [0.717, 1.165) is 39.2 Å². The second kappa shape index (κ2) is 7.09. The summed E-state index contributed by atoms with van der Waals surface area (Å²) < 4.78 is 0. The van der Waals surface area contributed by atoms with Gasteiger partial charge in [-0.1, -0.05) is 41.9 Å². The predicted molar refractivity (Wildman–Crippen MR) is 108 cm³/mol. The number of anilines is 2. The molecule has 6 heteroatoms. The third-order valence-corrected chi connectivity index (χ3v) is 4.82. The Kier molecular flexibility index (Phi) is 4.50. The van der Waals surface area contributed by atoms with Crippen LogP contribution in [0.3, 0.4) is 0 Å². The van der Waals surface area contributed by atoms with Crippen LogP contribution >= 0.6 is 22.9 Å². The Hall–Kier alpha value is -2.63. The van der Waals surface area contributed by atoms with Crippen LogP contribution in [0.4, 0.5) is 10.8 Å². The zero-order valence-corrected chi connectivity index (χ0v) is 14.8. The van der Waals surface area contributed by atoms with Crippen molar-refractivity contribution in [2.24, 2.45) is 5.10 Å². The van der Waals surface area contributed by atoms with Crippen LogP contribution < -0.4 is 10.7 Å². The first-order chi connectivity index (χ1) is 12.3. The molecular weight excluding hydrogens is 352 g/mol. The summed E-state index contributed by atoms with van der Waals surface area (Å²) in [6, 6.07) is 15.9. The minimum atomic E-state index is 0.720. The highest BCUT2D eigenvalue weighted by Gasteiger charge is 2.07. The van der Waals surface area contributed by atoms with Gasteiger partial charge >= 0.3 is 0 Å². The molecule has 0 radical (unpaired) electrons. The Balaban J connectivity index is 1.43. The molecule has 0 aliphatic carbocycles. The summed E-state index contributed by atoms with van der Waals surface area (Å²) in [5, 5.41) is 11.2. The van der Waals surface area contributed by atoms with Crippen molar-refractivity contribution in [1.29, 1.82) is 0 Å².